The van der Waals surface area contributed by atoms with Gasteiger partial charge in [0.15, 0.2) is 11.0 Å². The molecule has 34 heavy (non-hydrogen) atoms. The van der Waals surface area contributed by atoms with Crippen molar-refractivity contribution in [2.75, 3.05) is 12.4 Å². The summed E-state index contributed by atoms with van der Waals surface area (Å²) in [4.78, 5) is 13.1. The normalized spacial score (nSPS) is 12.4. The molecule has 1 heterocycles. The number of amides is 1. The van der Waals surface area contributed by atoms with Gasteiger partial charge in [-0.15, -0.1) is 16.8 Å². The van der Waals surface area contributed by atoms with Crippen LogP contribution < -0.4 is 10.1 Å². The van der Waals surface area contributed by atoms with Crippen molar-refractivity contribution in [3.05, 3.63) is 66.7 Å². The molecule has 0 radical (unpaired) electrons. The van der Waals surface area contributed by atoms with Gasteiger partial charge in [-0.25, -0.2) is 0 Å². The van der Waals surface area contributed by atoms with Crippen LogP contribution in [0.25, 0.3) is 11.4 Å². The molecule has 2 aromatic carbocycles. The summed E-state index contributed by atoms with van der Waals surface area (Å²) in [6, 6.07) is 12.2. The Hall–Kier alpha value is -3.27. The molecule has 1 aromatic heterocycles. The Kier molecular flexibility index (Phi) is 8.03. The zero-order valence-electron chi connectivity index (χ0n) is 19.0. The number of halogens is 3. The minimum atomic E-state index is -4.59. The van der Waals surface area contributed by atoms with Crippen LogP contribution in [0.4, 0.5) is 18.9 Å². The maximum absolute atomic E-state index is 13.4. The van der Waals surface area contributed by atoms with Gasteiger partial charge in [-0.1, -0.05) is 56.0 Å². The lowest BCUT2D eigenvalue weighted by Crippen LogP contribution is -2.31. The molecule has 0 spiro atoms. The topological polar surface area (TPSA) is 69.0 Å². The minimum Gasteiger partial charge on any atom is -0.496 e. The van der Waals surface area contributed by atoms with E-state index in [1.807, 2.05) is 32.0 Å². The monoisotopic (exact) mass is 490 g/mol. The van der Waals surface area contributed by atoms with Crippen LogP contribution in [0.15, 0.2) is 66.3 Å². The van der Waals surface area contributed by atoms with Crippen LogP contribution >= 0.6 is 11.8 Å². The Morgan fingerprint density at radius 3 is 2.50 bits per heavy atom. The molecule has 1 atom stereocenters. The standard InChI is InChI=1S/C24H25F3N4O2S/c1-5-14-31-21(16-10-6-9-13-19(16)33-4)29-30-23(31)34-20(15(2)3)22(32)28-18-12-8-7-11-17(18)24(25,26)27/h5-13,15,20H,1,14H2,2-4H3,(H,28,32). The zero-order chi connectivity index (χ0) is 24.9. The molecule has 0 aliphatic rings. The number of aromatic nitrogens is 3. The first-order chi connectivity index (χ1) is 16.2. The van der Waals surface area contributed by atoms with E-state index in [9.17, 15) is 18.0 Å². The van der Waals surface area contributed by atoms with Crippen LogP contribution in [0.5, 0.6) is 5.75 Å². The first-order valence-corrected chi connectivity index (χ1v) is 11.4. The van der Waals surface area contributed by atoms with Crippen molar-refractivity contribution in [1.29, 1.82) is 0 Å². The summed E-state index contributed by atoms with van der Waals surface area (Å²) in [6.45, 7) is 7.80. The van der Waals surface area contributed by atoms with E-state index in [0.29, 0.717) is 23.3 Å². The molecular formula is C24H25F3N4O2S. The maximum atomic E-state index is 13.4. The Morgan fingerprint density at radius 2 is 1.85 bits per heavy atom. The second-order valence-corrected chi connectivity index (χ2v) is 8.83. The highest BCUT2D eigenvalue weighted by Gasteiger charge is 2.35. The lowest BCUT2D eigenvalue weighted by Gasteiger charge is -2.21. The molecule has 3 rings (SSSR count). The van der Waals surface area contributed by atoms with Crippen LogP contribution in [0.2, 0.25) is 0 Å². The fraction of sp³-hybridized carbons (Fsp3) is 0.292. The molecule has 0 saturated heterocycles. The van der Waals surface area contributed by atoms with Gasteiger partial charge in [-0.05, 0) is 30.2 Å². The number of para-hydroxylation sites is 2. The SMILES string of the molecule is C=CCn1c(SC(C(=O)Nc2ccccc2C(F)(F)F)C(C)C)nnc1-c1ccccc1OC. The number of anilines is 1. The Balaban J connectivity index is 1.93. The number of carbonyl (C=O) groups excluding carboxylic acids is 1. The van der Waals surface area contributed by atoms with Crippen LogP contribution in [-0.4, -0.2) is 33.0 Å². The van der Waals surface area contributed by atoms with E-state index in [1.165, 1.54) is 18.2 Å². The van der Waals surface area contributed by atoms with Crippen LogP contribution in [0.3, 0.4) is 0 Å². The van der Waals surface area contributed by atoms with Crippen LogP contribution in [-0.2, 0) is 17.5 Å². The van der Waals surface area contributed by atoms with Gasteiger partial charge in [0.05, 0.1) is 29.2 Å². The summed E-state index contributed by atoms with van der Waals surface area (Å²) in [6.07, 6.45) is -2.91. The molecule has 0 fully saturated rings. The lowest BCUT2D eigenvalue weighted by molar-refractivity contribution is -0.137. The fourth-order valence-electron chi connectivity index (χ4n) is 3.35. The number of ether oxygens (including phenoxy) is 1. The predicted molar refractivity (Wildman–Crippen MR) is 127 cm³/mol. The molecule has 0 saturated carbocycles. The van der Waals surface area contributed by atoms with Crippen molar-refractivity contribution >= 4 is 23.4 Å². The van der Waals surface area contributed by atoms with Gasteiger partial charge >= 0.3 is 6.18 Å². The van der Waals surface area contributed by atoms with Crippen molar-refractivity contribution in [2.24, 2.45) is 5.92 Å². The molecule has 3 aromatic rings. The van der Waals surface area contributed by atoms with Gasteiger partial charge in [-0.3, -0.25) is 9.36 Å². The van der Waals surface area contributed by atoms with E-state index in [0.717, 1.165) is 23.4 Å². The molecule has 0 bridgehead atoms. The van der Waals surface area contributed by atoms with Gasteiger partial charge < -0.3 is 10.1 Å². The fourth-order valence-corrected chi connectivity index (χ4v) is 4.39. The second kappa shape index (κ2) is 10.8. The molecule has 0 aliphatic heterocycles. The average Bonchev–Trinajstić information content (AvgIpc) is 3.19. The highest BCUT2D eigenvalue weighted by Crippen LogP contribution is 2.37. The van der Waals surface area contributed by atoms with Gasteiger partial charge in [0.25, 0.3) is 0 Å². The second-order valence-electron chi connectivity index (χ2n) is 7.72. The van der Waals surface area contributed by atoms with Crippen molar-refractivity contribution in [1.82, 2.24) is 14.8 Å². The maximum Gasteiger partial charge on any atom is 0.418 e. The van der Waals surface area contributed by atoms with Crippen LogP contribution in [0.1, 0.15) is 19.4 Å². The van der Waals surface area contributed by atoms with Gasteiger partial charge in [0, 0.05) is 6.54 Å². The van der Waals surface area contributed by atoms with Gasteiger partial charge in [0.1, 0.15) is 5.75 Å². The minimum absolute atomic E-state index is 0.202. The van der Waals surface area contributed by atoms with Crippen molar-refractivity contribution in [3.8, 4) is 17.1 Å². The van der Waals surface area contributed by atoms with Crippen LogP contribution in [0, 0.1) is 5.92 Å². The Labute approximate surface area is 200 Å². The quantitative estimate of drug-likeness (QED) is 0.298. The first kappa shape index (κ1) is 25.4. The third kappa shape index (κ3) is 5.61. The van der Waals surface area contributed by atoms with Crippen molar-refractivity contribution < 1.29 is 22.7 Å². The number of allylic oxidation sites excluding steroid dienone is 1. The first-order valence-electron chi connectivity index (χ1n) is 10.5. The number of benzene rings is 2. The van der Waals surface area contributed by atoms with E-state index >= 15 is 0 Å². The van der Waals surface area contributed by atoms with E-state index in [2.05, 4.69) is 22.1 Å². The largest absolute Gasteiger partial charge is 0.496 e. The van der Waals surface area contributed by atoms with Crippen molar-refractivity contribution in [3.63, 3.8) is 0 Å². The number of nitrogens with zero attached hydrogens (tertiary/aromatic N) is 3. The summed E-state index contributed by atoms with van der Waals surface area (Å²) >= 11 is 1.14. The molecule has 0 aliphatic carbocycles. The third-order valence-electron chi connectivity index (χ3n) is 4.96. The number of thioether (sulfide) groups is 1. The molecule has 10 heteroatoms. The zero-order valence-corrected chi connectivity index (χ0v) is 19.8. The summed E-state index contributed by atoms with van der Waals surface area (Å²) < 4.78 is 47.3. The Morgan fingerprint density at radius 1 is 1.18 bits per heavy atom. The van der Waals surface area contributed by atoms with Gasteiger partial charge in [-0.2, -0.15) is 13.2 Å². The van der Waals surface area contributed by atoms with E-state index in [1.54, 1.807) is 23.8 Å². The number of nitrogens with one attached hydrogen (secondary N) is 1. The summed E-state index contributed by atoms with van der Waals surface area (Å²) in [5.41, 5.74) is -0.464. The number of hydrogen-bond donors (Lipinski definition) is 1. The van der Waals surface area contributed by atoms with Gasteiger partial charge in [0.2, 0.25) is 5.91 Å². The highest BCUT2D eigenvalue weighted by molar-refractivity contribution is 8.00. The van der Waals surface area contributed by atoms with E-state index in [4.69, 9.17) is 4.74 Å². The summed E-state index contributed by atoms with van der Waals surface area (Å²) in [5.74, 6) is 0.388. The van der Waals surface area contributed by atoms with E-state index in [-0.39, 0.29) is 11.6 Å². The molecule has 1 N–H and O–H groups in total. The number of hydrogen-bond acceptors (Lipinski definition) is 5. The molecule has 6 nitrogen and oxygen atoms in total. The predicted octanol–water partition coefficient (Wildman–Crippen LogP) is 5.91. The van der Waals surface area contributed by atoms with Crippen molar-refractivity contribution in [2.45, 2.75) is 37.0 Å². The molecule has 1 unspecified atom stereocenters. The summed E-state index contributed by atoms with van der Waals surface area (Å²) in [5, 5.41) is 10.7. The Bertz CT molecular complexity index is 1160. The molecule has 180 valence electrons. The number of carbonyl (C=O) groups is 1. The van der Waals surface area contributed by atoms with E-state index < -0.39 is 22.9 Å². The average molecular weight is 491 g/mol. The molecule has 1 amide bonds. The number of rotatable bonds is 9. The third-order valence-corrected chi connectivity index (χ3v) is 6.49. The number of alkyl halides is 3. The smallest absolute Gasteiger partial charge is 0.418 e. The highest BCUT2D eigenvalue weighted by atomic mass is 32.2. The number of methoxy groups -OCH3 is 1. The summed E-state index contributed by atoms with van der Waals surface area (Å²) in [7, 11) is 1.56. The lowest BCUT2D eigenvalue weighted by atomic mass is 10.1. The molecular weight excluding hydrogens is 465 g/mol.